The lowest BCUT2D eigenvalue weighted by Crippen LogP contribution is -2.30. The molecule has 6 heteroatoms. The molecule has 0 spiro atoms. The normalized spacial score (nSPS) is 10.3. The van der Waals surface area contributed by atoms with Crippen LogP contribution < -0.4 is 10.2 Å². The largest absolute Gasteiger partial charge is 0.372 e. The summed E-state index contributed by atoms with van der Waals surface area (Å²) in [7, 11) is 0. The van der Waals surface area contributed by atoms with Crippen molar-refractivity contribution in [1.82, 2.24) is 5.32 Å². The molecule has 6 nitrogen and oxygen atoms in total. The number of carbonyl (C=O) groups is 1. The number of para-hydroxylation sites is 1. The third-order valence-corrected chi connectivity index (χ3v) is 3.94. The monoisotopic (exact) mass is 341 g/mol. The van der Waals surface area contributed by atoms with Gasteiger partial charge >= 0.3 is 0 Å². The standard InChI is InChI=1S/C19H23N3O3/c1-2-21(17-7-4-3-5-8-17)14-6-13-20-19(23)15-16-9-11-18(12-10-16)22(24)25/h3-5,7-12H,2,6,13-15H2,1H3,(H,20,23). The van der Waals surface area contributed by atoms with Crippen molar-refractivity contribution in [3.8, 4) is 0 Å². The van der Waals surface area contributed by atoms with Crippen LogP contribution in [0.5, 0.6) is 0 Å². The molecule has 1 N–H and O–H groups in total. The number of anilines is 1. The van der Waals surface area contributed by atoms with Gasteiger partial charge in [-0.25, -0.2) is 0 Å². The van der Waals surface area contributed by atoms with Gasteiger partial charge in [0.15, 0.2) is 0 Å². The Hall–Kier alpha value is -2.89. The smallest absolute Gasteiger partial charge is 0.269 e. The second-order valence-electron chi connectivity index (χ2n) is 5.72. The molecule has 2 aromatic carbocycles. The quantitative estimate of drug-likeness (QED) is 0.432. The van der Waals surface area contributed by atoms with E-state index >= 15 is 0 Å². The van der Waals surface area contributed by atoms with Crippen molar-refractivity contribution in [1.29, 1.82) is 0 Å². The molecule has 132 valence electrons. The fourth-order valence-corrected chi connectivity index (χ4v) is 2.59. The first-order valence-electron chi connectivity index (χ1n) is 8.40. The van der Waals surface area contributed by atoms with Gasteiger partial charge in [-0.05, 0) is 31.0 Å². The summed E-state index contributed by atoms with van der Waals surface area (Å²) < 4.78 is 0. The van der Waals surface area contributed by atoms with Crippen molar-refractivity contribution in [2.75, 3.05) is 24.5 Å². The first kappa shape index (κ1) is 18.4. The van der Waals surface area contributed by atoms with Crippen LogP contribution in [0, 0.1) is 10.1 Å². The van der Waals surface area contributed by atoms with Gasteiger partial charge in [-0.1, -0.05) is 30.3 Å². The van der Waals surface area contributed by atoms with E-state index in [-0.39, 0.29) is 18.0 Å². The molecule has 0 fully saturated rings. The fraction of sp³-hybridized carbons (Fsp3) is 0.316. The Bertz CT molecular complexity index is 687. The number of hydrogen-bond donors (Lipinski definition) is 1. The van der Waals surface area contributed by atoms with Crippen molar-refractivity contribution in [3.63, 3.8) is 0 Å². The van der Waals surface area contributed by atoms with Gasteiger partial charge in [0.2, 0.25) is 5.91 Å². The van der Waals surface area contributed by atoms with Gasteiger partial charge in [0.1, 0.15) is 0 Å². The zero-order chi connectivity index (χ0) is 18.1. The minimum Gasteiger partial charge on any atom is -0.372 e. The maximum atomic E-state index is 12.0. The molecule has 0 saturated heterocycles. The molecule has 0 aromatic heterocycles. The minimum absolute atomic E-state index is 0.0322. The van der Waals surface area contributed by atoms with E-state index in [2.05, 4.69) is 29.3 Å². The molecule has 0 atom stereocenters. The summed E-state index contributed by atoms with van der Waals surface area (Å²) in [5.74, 6) is -0.0726. The van der Waals surface area contributed by atoms with Crippen LogP contribution in [-0.4, -0.2) is 30.5 Å². The Morgan fingerprint density at radius 3 is 2.40 bits per heavy atom. The SMILES string of the molecule is CCN(CCCNC(=O)Cc1ccc([N+](=O)[O-])cc1)c1ccccc1. The van der Waals surface area contributed by atoms with E-state index in [4.69, 9.17) is 0 Å². The summed E-state index contributed by atoms with van der Waals surface area (Å²) in [5.41, 5.74) is 1.98. The number of hydrogen-bond acceptors (Lipinski definition) is 4. The molecule has 0 aliphatic heterocycles. The highest BCUT2D eigenvalue weighted by Crippen LogP contribution is 2.13. The van der Waals surface area contributed by atoms with E-state index in [9.17, 15) is 14.9 Å². The minimum atomic E-state index is -0.448. The van der Waals surface area contributed by atoms with Crippen LogP contribution in [0.3, 0.4) is 0 Å². The number of carbonyl (C=O) groups excluding carboxylic acids is 1. The van der Waals surface area contributed by atoms with Crippen molar-refractivity contribution < 1.29 is 9.72 Å². The van der Waals surface area contributed by atoms with Gasteiger partial charge in [-0.15, -0.1) is 0 Å². The first-order chi connectivity index (χ1) is 12.1. The van der Waals surface area contributed by atoms with Crippen LogP contribution in [0.1, 0.15) is 18.9 Å². The van der Waals surface area contributed by atoms with Crippen LogP contribution in [0.15, 0.2) is 54.6 Å². The first-order valence-corrected chi connectivity index (χ1v) is 8.40. The van der Waals surface area contributed by atoms with Gasteiger partial charge in [0.05, 0.1) is 11.3 Å². The number of benzene rings is 2. The lowest BCUT2D eigenvalue weighted by Gasteiger charge is -2.23. The predicted octanol–water partition coefficient (Wildman–Crippen LogP) is 3.17. The third-order valence-electron chi connectivity index (χ3n) is 3.94. The van der Waals surface area contributed by atoms with Crippen LogP contribution in [0.25, 0.3) is 0 Å². The van der Waals surface area contributed by atoms with Crippen molar-refractivity contribution in [2.45, 2.75) is 19.8 Å². The Morgan fingerprint density at radius 1 is 1.12 bits per heavy atom. The Kier molecular flexibility index (Phi) is 6.95. The van der Waals surface area contributed by atoms with Crippen LogP contribution in [0.4, 0.5) is 11.4 Å². The number of nitro groups is 1. The van der Waals surface area contributed by atoms with Gasteiger partial charge in [0, 0.05) is 37.5 Å². The summed E-state index contributed by atoms with van der Waals surface area (Å²) in [6.07, 6.45) is 1.09. The van der Waals surface area contributed by atoms with Gasteiger partial charge < -0.3 is 10.2 Å². The molecule has 0 heterocycles. The summed E-state index contributed by atoms with van der Waals surface area (Å²) in [5, 5.41) is 13.5. The molecule has 1 amide bonds. The summed E-state index contributed by atoms with van der Waals surface area (Å²) in [6, 6.07) is 16.3. The van der Waals surface area contributed by atoms with Gasteiger partial charge in [-0.2, -0.15) is 0 Å². The van der Waals surface area contributed by atoms with Crippen LogP contribution in [-0.2, 0) is 11.2 Å². The van der Waals surface area contributed by atoms with Gasteiger partial charge in [0.25, 0.3) is 5.69 Å². The highest BCUT2D eigenvalue weighted by atomic mass is 16.6. The van der Waals surface area contributed by atoms with E-state index in [0.717, 1.165) is 25.1 Å². The Balaban J connectivity index is 1.72. The molecule has 0 saturated carbocycles. The lowest BCUT2D eigenvalue weighted by molar-refractivity contribution is -0.384. The molecule has 0 aliphatic carbocycles. The molecule has 0 bridgehead atoms. The van der Waals surface area contributed by atoms with E-state index in [0.29, 0.717) is 6.54 Å². The number of rotatable bonds is 9. The highest BCUT2D eigenvalue weighted by molar-refractivity contribution is 5.78. The molecule has 0 radical (unpaired) electrons. The van der Waals surface area contributed by atoms with Crippen molar-refractivity contribution in [3.05, 3.63) is 70.3 Å². The zero-order valence-corrected chi connectivity index (χ0v) is 14.4. The van der Waals surface area contributed by atoms with E-state index in [1.807, 2.05) is 18.2 Å². The molecule has 0 unspecified atom stereocenters. The molecular formula is C19H23N3O3. The van der Waals surface area contributed by atoms with E-state index in [1.54, 1.807) is 12.1 Å². The summed E-state index contributed by atoms with van der Waals surface area (Å²) in [6.45, 7) is 4.51. The number of non-ortho nitro benzene ring substituents is 1. The van der Waals surface area contributed by atoms with Crippen molar-refractivity contribution in [2.24, 2.45) is 0 Å². The number of amides is 1. The fourth-order valence-electron chi connectivity index (χ4n) is 2.59. The molecule has 0 aliphatic rings. The third kappa shape index (κ3) is 5.91. The highest BCUT2D eigenvalue weighted by Gasteiger charge is 2.08. The maximum absolute atomic E-state index is 12.0. The summed E-state index contributed by atoms with van der Waals surface area (Å²) in [4.78, 5) is 24.4. The Labute approximate surface area is 147 Å². The van der Waals surface area contributed by atoms with Crippen LogP contribution in [0.2, 0.25) is 0 Å². The molecule has 25 heavy (non-hydrogen) atoms. The van der Waals surface area contributed by atoms with Crippen molar-refractivity contribution >= 4 is 17.3 Å². The average molecular weight is 341 g/mol. The molecule has 2 aromatic rings. The average Bonchev–Trinajstić information content (AvgIpc) is 2.63. The lowest BCUT2D eigenvalue weighted by atomic mass is 10.1. The summed E-state index contributed by atoms with van der Waals surface area (Å²) >= 11 is 0. The van der Waals surface area contributed by atoms with Gasteiger partial charge in [-0.3, -0.25) is 14.9 Å². The molecule has 2 rings (SSSR count). The second-order valence-corrected chi connectivity index (χ2v) is 5.72. The Morgan fingerprint density at radius 2 is 1.80 bits per heavy atom. The number of nitro benzene ring substituents is 1. The maximum Gasteiger partial charge on any atom is 0.269 e. The predicted molar refractivity (Wildman–Crippen MR) is 98.8 cm³/mol. The number of nitrogens with zero attached hydrogens (tertiary/aromatic N) is 2. The molecular weight excluding hydrogens is 318 g/mol. The zero-order valence-electron chi connectivity index (χ0n) is 14.4. The second kappa shape index (κ2) is 9.42. The number of nitrogens with one attached hydrogen (secondary N) is 1. The van der Waals surface area contributed by atoms with Crippen LogP contribution >= 0.6 is 0 Å². The van der Waals surface area contributed by atoms with E-state index in [1.165, 1.54) is 17.8 Å². The van der Waals surface area contributed by atoms with E-state index < -0.39 is 4.92 Å². The topological polar surface area (TPSA) is 75.5 Å².